The highest BCUT2D eigenvalue weighted by Gasteiger charge is 2.21. The van der Waals surface area contributed by atoms with Crippen LogP contribution in [0.5, 0.6) is 0 Å². The summed E-state index contributed by atoms with van der Waals surface area (Å²) >= 11 is 0. The van der Waals surface area contributed by atoms with Gasteiger partial charge in [-0.05, 0) is 23.3 Å². The van der Waals surface area contributed by atoms with E-state index in [-0.39, 0.29) is 12.3 Å². The van der Waals surface area contributed by atoms with Crippen LogP contribution in [0.2, 0.25) is 0 Å². The summed E-state index contributed by atoms with van der Waals surface area (Å²) in [6.07, 6.45) is -0.318. The molecule has 0 aliphatic carbocycles. The van der Waals surface area contributed by atoms with E-state index in [4.69, 9.17) is 14.2 Å². The Kier molecular flexibility index (Phi) is 3.99. The summed E-state index contributed by atoms with van der Waals surface area (Å²) in [6, 6.07) is 15.3. The Morgan fingerprint density at radius 2 is 1.71 bits per heavy atom. The van der Waals surface area contributed by atoms with Gasteiger partial charge in [0.1, 0.15) is 0 Å². The number of benzene rings is 2. The molecule has 1 aliphatic heterocycles. The molecule has 4 nitrogen and oxygen atoms in total. The van der Waals surface area contributed by atoms with Crippen molar-refractivity contribution < 1.29 is 19.0 Å². The zero-order valence-corrected chi connectivity index (χ0v) is 11.7. The Bertz CT molecular complexity index is 627. The lowest BCUT2D eigenvalue weighted by molar-refractivity contribution is -0.0436. The summed E-state index contributed by atoms with van der Waals surface area (Å²) in [5.74, 6) is -0.336. The minimum Gasteiger partial charge on any atom is -0.465 e. The van der Waals surface area contributed by atoms with E-state index in [0.29, 0.717) is 18.8 Å². The van der Waals surface area contributed by atoms with Gasteiger partial charge in [-0.15, -0.1) is 0 Å². The second kappa shape index (κ2) is 6.08. The van der Waals surface area contributed by atoms with Gasteiger partial charge in [0, 0.05) is 5.56 Å². The van der Waals surface area contributed by atoms with Crippen LogP contribution in [-0.2, 0) is 14.2 Å². The van der Waals surface area contributed by atoms with Gasteiger partial charge in [-0.25, -0.2) is 4.79 Å². The molecule has 108 valence electrons. The minimum atomic E-state index is -0.336. The van der Waals surface area contributed by atoms with Crippen LogP contribution in [-0.4, -0.2) is 26.3 Å². The first-order valence-electron chi connectivity index (χ1n) is 6.80. The number of hydrogen-bond acceptors (Lipinski definition) is 4. The van der Waals surface area contributed by atoms with Crippen molar-refractivity contribution in [2.24, 2.45) is 0 Å². The molecule has 0 saturated carbocycles. The van der Waals surface area contributed by atoms with Crippen molar-refractivity contribution in [3.63, 3.8) is 0 Å². The van der Waals surface area contributed by atoms with Gasteiger partial charge in [0.25, 0.3) is 0 Å². The van der Waals surface area contributed by atoms with Crippen LogP contribution >= 0.6 is 0 Å². The lowest BCUT2D eigenvalue weighted by Crippen LogP contribution is -2.02. The van der Waals surface area contributed by atoms with Crippen molar-refractivity contribution in [1.82, 2.24) is 0 Å². The molecule has 3 rings (SSSR count). The maximum atomic E-state index is 11.5. The van der Waals surface area contributed by atoms with Gasteiger partial charge in [0.05, 0.1) is 25.9 Å². The molecule has 0 unspecified atom stereocenters. The fraction of sp³-hybridized carbons (Fsp3) is 0.235. The van der Waals surface area contributed by atoms with Gasteiger partial charge < -0.3 is 14.2 Å². The molecule has 0 bridgehead atoms. The van der Waals surface area contributed by atoms with Gasteiger partial charge >= 0.3 is 5.97 Å². The predicted molar refractivity (Wildman–Crippen MR) is 77.9 cm³/mol. The van der Waals surface area contributed by atoms with Crippen molar-refractivity contribution in [3.05, 3.63) is 59.7 Å². The van der Waals surface area contributed by atoms with Crippen molar-refractivity contribution in [3.8, 4) is 11.1 Å². The molecule has 1 saturated heterocycles. The topological polar surface area (TPSA) is 44.8 Å². The van der Waals surface area contributed by atoms with E-state index < -0.39 is 0 Å². The van der Waals surface area contributed by atoms with E-state index >= 15 is 0 Å². The Morgan fingerprint density at radius 3 is 2.38 bits per heavy atom. The summed E-state index contributed by atoms with van der Waals surface area (Å²) in [5, 5.41) is 0. The molecule has 1 heterocycles. The van der Waals surface area contributed by atoms with E-state index in [1.165, 1.54) is 7.11 Å². The first-order valence-corrected chi connectivity index (χ1v) is 6.80. The Labute approximate surface area is 123 Å². The third-order valence-corrected chi connectivity index (χ3v) is 3.45. The highest BCUT2D eigenvalue weighted by molar-refractivity contribution is 5.90. The fourth-order valence-electron chi connectivity index (χ4n) is 2.41. The third kappa shape index (κ3) is 2.82. The molecule has 0 aromatic heterocycles. The van der Waals surface area contributed by atoms with Crippen LogP contribution in [0, 0.1) is 0 Å². The van der Waals surface area contributed by atoms with Gasteiger partial charge in [0.2, 0.25) is 0 Å². The van der Waals surface area contributed by atoms with Crippen molar-refractivity contribution >= 4 is 5.97 Å². The fourth-order valence-corrected chi connectivity index (χ4v) is 2.41. The lowest BCUT2D eigenvalue weighted by atomic mass is 9.98. The van der Waals surface area contributed by atoms with Gasteiger partial charge in [-0.1, -0.05) is 36.4 Å². The molecular weight excluding hydrogens is 268 g/mol. The van der Waals surface area contributed by atoms with Crippen LogP contribution in [0.1, 0.15) is 22.2 Å². The standard InChI is InChI=1S/C17H16O4/c1-19-16(18)13-8-6-12(7-9-13)14-4-2-3-5-15(14)17-20-10-11-21-17/h2-9,17H,10-11H2,1H3. The number of esters is 1. The Hall–Kier alpha value is -2.17. The molecule has 2 aromatic carbocycles. The lowest BCUT2D eigenvalue weighted by Gasteiger charge is -2.15. The van der Waals surface area contributed by atoms with Gasteiger partial charge in [0.15, 0.2) is 6.29 Å². The molecule has 1 aliphatic rings. The maximum Gasteiger partial charge on any atom is 0.337 e. The summed E-state index contributed by atoms with van der Waals surface area (Å²) in [6.45, 7) is 1.22. The Morgan fingerprint density at radius 1 is 1.05 bits per heavy atom. The molecule has 0 radical (unpaired) electrons. The van der Waals surface area contributed by atoms with Crippen LogP contribution in [0.25, 0.3) is 11.1 Å². The number of carbonyl (C=O) groups excluding carboxylic acids is 1. The monoisotopic (exact) mass is 284 g/mol. The summed E-state index contributed by atoms with van der Waals surface area (Å²) in [4.78, 5) is 11.5. The van der Waals surface area contributed by atoms with Crippen LogP contribution < -0.4 is 0 Å². The van der Waals surface area contributed by atoms with Crippen molar-refractivity contribution in [2.45, 2.75) is 6.29 Å². The van der Waals surface area contributed by atoms with Gasteiger partial charge in [-0.3, -0.25) is 0 Å². The average molecular weight is 284 g/mol. The molecule has 0 amide bonds. The van der Waals surface area contributed by atoms with E-state index in [9.17, 15) is 4.79 Å². The van der Waals surface area contributed by atoms with E-state index in [1.54, 1.807) is 12.1 Å². The largest absolute Gasteiger partial charge is 0.465 e. The SMILES string of the molecule is COC(=O)c1ccc(-c2ccccc2C2OCCO2)cc1. The normalized spacial score (nSPS) is 15.1. The minimum absolute atomic E-state index is 0.318. The highest BCUT2D eigenvalue weighted by atomic mass is 16.7. The molecule has 0 spiro atoms. The highest BCUT2D eigenvalue weighted by Crippen LogP contribution is 2.32. The van der Waals surface area contributed by atoms with Crippen LogP contribution in [0.15, 0.2) is 48.5 Å². The number of methoxy groups -OCH3 is 1. The molecule has 4 heteroatoms. The summed E-state index contributed by atoms with van der Waals surface area (Å²) < 4.78 is 15.9. The summed E-state index contributed by atoms with van der Waals surface area (Å²) in [7, 11) is 1.38. The smallest absolute Gasteiger partial charge is 0.337 e. The zero-order valence-electron chi connectivity index (χ0n) is 11.7. The second-order valence-corrected chi connectivity index (χ2v) is 4.73. The van der Waals surface area contributed by atoms with Crippen molar-refractivity contribution in [2.75, 3.05) is 20.3 Å². The first-order chi connectivity index (χ1) is 10.3. The van der Waals surface area contributed by atoms with E-state index in [1.807, 2.05) is 36.4 Å². The molecular formula is C17H16O4. The van der Waals surface area contributed by atoms with Crippen molar-refractivity contribution in [1.29, 1.82) is 0 Å². The molecule has 21 heavy (non-hydrogen) atoms. The second-order valence-electron chi connectivity index (χ2n) is 4.73. The van der Waals surface area contributed by atoms with Gasteiger partial charge in [-0.2, -0.15) is 0 Å². The quantitative estimate of drug-likeness (QED) is 0.812. The number of ether oxygens (including phenoxy) is 3. The molecule has 1 fully saturated rings. The number of rotatable bonds is 3. The molecule has 2 aromatic rings. The van der Waals surface area contributed by atoms with E-state index in [2.05, 4.69) is 0 Å². The zero-order chi connectivity index (χ0) is 14.7. The molecule has 0 atom stereocenters. The number of carbonyl (C=O) groups is 1. The third-order valence-electron chi connectivity index (χ3n) is 3.45. The number of hydrogen-bond donors (Lipinski definition) is 0. The van der Waals surface area contributed by atoms with Crippen LogP contribution in [0.3, 0.4) is 0 Å². The van der Waals surface area contributed by atoms with E-state index in [0.717, 1.165) is 16.7 Å². The maximum absolute atomic E-state index is 11.5. The summed E-state index contributed by atoms with van der Waals surface area (Å²) in [5.41, 5.74) is 3.59. The predicted octanol–water partition coefficient (Wildman–Crippen LogP) is 3.19. The molecule has 0 N–H and O–H groups in total. The van der Waals surface area contributed by atoms with Crippen LogP contribution in [0.4, 0.5) is 0 Å². The average Bonchev–Trinajstić information content (AvgIpc) is 3.08. The Balaban J connectivity index is 1.95. The first kappa shape index (κ1) is 13.8.